The Bertz CT molecular complexity index is 265. The summed E-state index contributed by atoms with van der Waals surface area (Å²) in [6.45, 7) is 2.86. The molecule has 0 aliphatic heterocycles. The van der Waals surface area contributed by atoms with E-state index in [4.69, 9.17) is 10.2 Å². The summed E-state index contributed by atoms with van der Waals surface area (Å²) >= 11 is 0. The van der Waals surface area contributed by atoms with E-state index in [-0.39, 0.29) is 0 Å². The first-order valence-electron chi connectivity index (χ1n) is 5.28. The predicted octanol–water partition coefficient (Wildman–Crippen LogP) is 1.15. The number of nitrogens with one attached hydrogen (secondary N) is 1. The molecule has 1 fully saturated rings. The molecule has 0 radical (unpaired) electrons. The summed E-state index contributed by atoms with van der Waals surface area (Å²) in [6.07, 6.45) is 5.26. The molecular weight excluding hydrogens is 176 g/mol. The second-order valence-electron chi connectivity index (χ2n) is 4.21. The maximum atomic E-state index is 5.69. The minimum absolute atomic E-state index is 0.434. The Balaban J connectivity index is 1.60. The van der Waals surface area contributed by atoms with Gasteiger partial charge in [0.05, 0.1) is 6.26 Å². The largest absolute Gasteiger partial charge is 0.469 e. The normalized spacial score (nSPS) is 18.4. The van der Waals surface area contributed by atoms with E-state index < -0.39 is 0 Å². The van der Waals surface area contributed by atoms with Crippen molar-refractivity contribution in [1.82, 2.24) is 5.32 Å². The molecule has 0 bridgehead atoms. The monoisotopic (exact) mass is 194 g/mol. The first-order chi connectivity index (χ1) is 6.85. The molecular formula is C11H18N2O. The number of rotatable bonds is 6. The van der Waals surface area contributed by atoms with Crippen LogP contribution in [0.3, 0.4) is 0 Å². The van der Waals surface area contributed by atoms with E-state index in [1.54, 1.807) is 6.26 Å². The van der Waals surface area contributed by atoms with Gasteiger partial charge in [-0.2, -0.15) is 0 Å². The van der Waals surface area contributed by atoms with Gasteiger partial charge in [0, 0.05) is 19.5 Å². The van der Waals surface area contributed by atoms with Gasteiger partial charge < -0.3 is 15.5 Å². The Labute approximate surface area is 84.7 Å². The first kappa shape index (κ1) is 9.74. The highest BCUT2D eigenvalue weighted by Gasteiger charge is 2.40. The van der Waals surface area contributed by atoms with Crippen LogP contribution in [0, 0.1) is 5.41 Å². The molecule has 1 aliphatic rings. The molecule has 1 aromatic heterocycles. The van der Waals surface area contributed by atoms with Gasteiger partial charge in [-0.25, -0.2) is 0 Å². The maximum Gasteiger partial charge on any atom is 0.105 e. The molecule has 1 aromatic rings. The van der Waals surface area contributed by atoms with Crippen LogP contribution in [0.15, 0.2) is 22.8 Å². The van der Waals surface area contributed by atoms with Crippen molar-refractivity contribution in [3.05, 3.63) is 24.2 Å². The van der Waals surface area contributed by atoms with E-state index in [2.05, 4.69) is 5.32 Å². The molecule has 14 heavy (non-hydrogen) atoms. The molecule has 3 heteroatoms. The van der Waals surface area contributed by atoms with Crippen molar-refractivity contribution in [3.8, 4) is 0 Å². The molecule has 78 valence electrons. The molecule has 3 nitrogen and oxygen atoms in total. The second-order valence-corrected chi connectivity index (χ2v) is 4.21. The molecule has 0 atom stereocenters. The zero-order chi connectivity index (χ0) is 9.86. The molecule has 0 spiro atoms. The summed E-state index contributed by atoms with van der Waals surface area (Å²) in [4.78, 5) is 0. The zero-order valence-corrected chi connectivity index (χ0v) is 8.46. The van der Waals surface area contributed by atoms with E-state index in [9.17, 15) is 0 Å². The smallest absolute Gasteiger partial charge is 0.105 e. The van der Waals surface area contributed by atoms with E-state index >= 15 is 0 Å². The maximum absolute atomic E-state index is 5.69. The molecule has 1 aliphatic carbocycles. The van der Waals surface area contributed by atoms with E-state index in [0.29, 0.717) is 5.41 Å². The zero-order valence-electron chi connectivity index (χ0n) is 8.46. The van der Waals surface area contributed by atoms with Crippen molar-refractivity contribution in [2.24, 2.45) is 11.1 Å². The second kappa shape index (κ2) is 4.15. The first-order valence-corrected chi connectivity index (χ1v) is 5.28. The van der Waals surface area contributed by atoms with Crippen LogP contribution in [0.5, 0.6) is 0 Å². The van der Waals surface area contributed by atoms with Crippen molar-refractivity contribution in [3.63, 3.8) is 0 Å². The number of hydrogen-bond acceptors (Lipinski definition) is 3. The molecule has 1 saturated carbocycles. The Hall–Kier alpha value is -0.800. The van der Waals surface area contributed by atoms with E-state index in [0.717, 1.165) is 31.8 Å². The number of hydrogen-bond donors (Lipinski definition) is 2. The summed E-state index contributed by atoms with van der Waals surface area (Å²) in [6, 6.07) is 3.94. The van der Waals surface area contributed by atoms with E-state index in [1.165, 1.54) is 12.8 Å². The molecule has 0 saturated heterocycles. The van der Waals surface area contributed by atoms with Crippen molar-refractivity contribution in [2.45, 2.75) is 19.3 Å². The minimum atomic E-state index is 0.434. The van der Waals surface area contributed by atoms with Crippen LogP contribution in [0.4, 0.5) is 0 Å². The van der Waals surface area contributed by atoms with Crippen molar-refractivity contribution in [1.29, 1.82) is 0 Å². The molecule has 3 N–H and O–H groups in total. The van der Waals surface area contributed by atoms with Gasteiger partial charge in [0.1, 0.15) is 5.76 Å². The topological polar surface area (TPSA) is 51.2 Å². The average molecular weight is 194 g/mol. The van der Waals surface area contributed by atoms with Crippen LogP contribution in [0.1, 0.15) is 18.6 Å². The fraction of sp³-hybridized carbons (Fsp3) is 0.636. The standard InChI is InChI=1S/C11H18N2O/c12-8-11(4-5-11)9-13-6-3-10-2-1-7-14-10/h1-2,7,13H,3-6,8-9,12H2. The van der Waals surface area contributed by atoms with Crippen LogP contribution in [0.25, 0.3) is 0 Å². The quantitative estimate of drug-likeness (QED) is 0.668. The highest BCUT2D eigenvalue weighted by atomic mass is 16.3. The lowest BCUT2D eigenvalue weighted by Crippen LogP contribution is -2.30. The fourth-order valence-electron chi connectivity index (χ4n) is 1.65. The van der Waals surface area contributed by atoms with Gasteiger partial charge in [-0.15, -0.1) is 0 Å². The van der Waals surface area contributed by atoms with Gasteiger partial charge in [0.2, 0.25) is 0 Å². The highest BCUT2D eigenvalue weighted by Crippen LogP contribution is 2.43. The van der Waals surface area contributed by atoms with Crippen molar-refractivity contribution in [2.75, 3.05) is 19.6 Å². The van der Waals surface area contributed by atoms with Crippen LogP contribution in [-0.2, 0) is 6.42 Å². The Morgan fingerprint density at radius 2 is 2.36 bits per heavy atom. The van der Waals surface area contributed by atoms with Gasteiger partial charge in [-0.1, -0.05) is 0 Å². The van der Waals surface area contributed by atoms with E-state index in [1.807, 2.05) is 12.1 Å². The number of furan rings is 1. The summed E-state index contributed by atoms with van der Waals surface area (Å²) in [5, 5.41) is 3.44. The summed E-state index contributed by atoms with van der Waals surface area (Å²) < 4.78 is 5.24. The third kappa shape index (κ3) is 2.36. The van der Waals surface area contributed by atoms with Gasteiger partial charge >= 0.3 is 0 Å². The molecule has 0 aromatic carbocycles. The van der Waals surface area contributed by atoms with Crippen molar-refractivity contribution >= 4 is 0 Å². The summed E-state index contributed by atoms with van der Waals surface area (Å²) in [5.41, 5.74) is 6.12. The Morgan fingerprint density at radius 1 is 1.50 bits per heavy atom. The van der Waals surface area contributed by atoms with Crippen LogP contribution in [0.2, 0.25) is 0 Å². The molecule has 1 heterocycles. The fourth-order valence-corrected chi connectivity index (χ4v) is 1.65. The SMILES string of the molecule is NCC1(CNCCc2ccco2)CC1. The Kier molecular flexibility index (Phi) is 2.89. The lowest BCUT2D eigenvalue weighted by molar-refractivity contribution is 0.452. The van der Waals surface area contributed by atoms with Crippen LogP contribution < -0.4 is 11.1 Å². The highest BCUT2D eigenvalue weighted by molar-refractivity contribution is 4.99. The van der Waals surface area contributed by atoms with Gasteiger partial charge in [0.25, 0.3) is 0 Å². The van der Waals surface area contributed by atoms with Gasteiger partial charge in [-0.05, 0) is 36.9 Å². The molecule has 0 unspecified atom stereocenters. The summed E-state index contributed by atoms with van der Waals surface area (Å²) in [5.74, 6) is 1.05. The van der Waals surface area contributed by atoms with Crippen LogP contribution in [-0.4, -0.2) is 19.6 Å². The lowest BCUT2D eigenvalue weighted by Gasteiger charge is -2.12. The molecule has 2 rings (SSSR count). The number of nitrogens with two attached hydrogens (primary N) is 1. The average Bonchev–Trinajstić information content (AvgIpc) is 2.81. The third-order valence-electron chi connectivity index (χ3n) is 3.02. The van der Waals surface area contributed by atoms with Gasteiger partial charge in [0.15, 0.2) is 0 Å². The third-order valence-corrected chi connectivity index (χ3v) is 3.02. The molecule has 0 amide bonds. The lowest BCUT2D eigenvalue weighted by atomic mass is 10.1. The minimum Gasteiger partial charge on any atom is -0.469 e. The predicted molar refractivity (Wildman–Crippen MR) is 56.0 cm³/mol. The Morgan fingerprint density at radius 3 is 2.93 bits per heavy atom. The van der Waals surface area contributed by atoms with Gasteiger partial charge in [-0.3, -0.25) is 0 Å². The summed E-state index contributed by atoms with van der Waals surface area (Å²) in [7, 11) is 0. The van der Waals surface area contributed by atoms with Crippen LogP contribution >= 0.6 is 0 Å². The van der Waals surface area contributed by atoms with Crippen molar-refractivity contribution < 1.29 is 4.42 Å².